The summed E-state index contributed by atoms with van der Waals surface area (Å²) in [5.74, 6) is 1.29. The Morgan fingerprint density at radius 1 is 1.22 bits per heavy atom. The average molecular weight is 388 g/mol. The largest absolute Gasteiger partial charge is 0.317 e. The molecule has 0 atom stereocenters. The highest BCUT2D eigenvalue weighted by Gasteiger charge is 2.22. The molecule has 1 fully saturated rings. The lowest BCUT2D eigenvalue weighted by Gasteiger charge is -2.19. The van der Waals surface area contributed by atoms with Crippen molar-refractivity contribution in [2.24, 2.45) is 7.05 Å². The number of aromatic nitrogens is 5. The Morgan fingerprint density at radius 2 is 1.96 bits per heavy atom. The molecule has 3 heterocycles. The van der Waals surface area contributed by atoms with Crippen molar-refractivity contribution in [1.29, 1.82) is 0 Å². The molecular weight excluding hydrogens is 366 g/mol. The fourth-order valence-corrected chi connectivity index (χ4v) is 3.13. The van der Waals surface area contributed by atoms with E-state index in [0.29, 0.717) is 17.6 Å². The zero-order valence-electron chi connectivity index (χ0n) is 15.0. The summed E-state index contributed by atoms with van der Waals surface area (Å²) in [6.45, 7) is 1.95. The number of amides is 1. The van der Waals surface area contributed by atoms with Crippen molar-refractivity contribution in [3.8, 4) is 11.3 Å². The van der Waals surface area contributed by atoms with Crippen molar-refractivity contribution in [1.82, 2.24) is 30.3 Å². The number of nitrogens with one attached hydrogen (secondary N) is 3. The van der Waals surface area contributed by atoms with E-state index in [9.17, 15) is 4.79 Å². The third-order valence-corrected chi connectivity index (χ3v) is 4.60. The number of halogens is 1. The molecular formula is C18H22ClN7O. The number of hydrogen-bond acceptors (Lipinski definition) is 5. The molecule has 1 aliphatic heterocycles. The van der Waals surface area contributed by atoms with Gasteiger partial charge in [-0.1, -0.05) is 30.3 Å². The van der Waals surface area contributed by atoms with E-state index in [0.717, 1.165) is 43.0 Å². The van der Waals surface area contributed by atoms with Crippen LogP contribution in [-0.4, -0.2) is 44.0 Å². The number of anilines is 1. The molecule has 1 aliphatic rings. The number of rotatable bonds is 4. The highest BCUT2D eigenvalue weighted by molar-refractivity contribution is 6.02. The number of hydrogen-bond donors (Lipinski definition) is 3. The van der Waals surface area contributed by atoms with Crippen LogP contribution in [0.3, 0.4) is 0 Å². The highest BCUT2D eigenvalue weighted by Crippen LogP contribution is 2.23. The van der Waals surface area contributed by atoms with Crippen molar-refractivity contribution >= 4 is 24.3 Å². The van der Waals surface area contributed by atoms with E-state index in [1.54, 1.807) is 17.8 Å². The Bertz CT molecular complexity index is 900. The third-order valence-electron chi connectivity index (χ3n) is 4.60. The first-order valence-corrected chi connectivity index (χ1v) is 8.74. The summed E-state index contributed by atoms with van der Waals surface area (Å²) < 4.78 is 1.61. The first-order valence-electron chi connectivity index (χ1n) is 8.74. The van der Waals surface area contributed by atoms with E-state index < -0.39 is 0 Å². The van der Waals surface area contributed by atoms with Crippen LogP contribution in [0, 0.1) is 0 Å². The summed E-state index contributed by atoms with van der Waals surface area (Å²) >= 11 is 0. The van der Waals surface area contributed by atoms with Crippen LogP contribution in [0.2, 0.25) is 0 Å². The average Bonchev–Trinajstić information content (AvgIpc) is 3.31. The van der Waals surface area contributed by atoms with Crippen LogP contribution in [0.4, 0.5) is 5.95 Å². The number of benzene rings is 1. The Balaban J connectivity index is 0.00000210. The maximum atomic E-state index is 12.5. The fraction of sp³-hybridized carbons (Fsp3) is 0.333. The highest BCUT2D eigenvalue weighted by atomic mass is 35.5. The van der Waals surface area contributed by atoms with Crippen molar-refractivity contribution < 1.29 is 4.79 Å². The molecule has 0 spiro atoms. The molecule has 1 saturated heterocycles. The first kappa shape index (κ1) is 19.1. The zero-order valence-corrected chi connectivity index (χ0v) is 15.8. The van der Waals surface area contributed by atoms with Crippen LogP contribution >= 0.6 is 12.4 Å². The zero-order chi connectivity index (χ0) is 17.9. The number of carbonyl (C=O) groups excluding carboxylic acids is 1. The molecule has 3 aromatic rings. The predicted molar refractivity (Wildman–Crippen MR) is 105 cm³/mol. The van der Waals surface area contributed by atoms with E-state index in [1.807, 2.05) is 30.3 Å². The lowest BCUT2D eigenvalue weighted by Crippen LogP contribution is -2.27. The van der Waals surface area contributed by atoms with E-state index >= 15 is 0 Å². The van der Waals surface area contributed by atoms with Gasteiger partial charge in [0, 0.05) is 18.5 Å². The van der Waals surface area contributed by atoms with Crippen LogP contribution in [0.1, 0.15) is 35.1 Å². The molecule has 2 aromatic heterocycles. The van der Waals surface area contributed by atoms with Gasteiger partial charge in [-0.2, -0.15) is 15.2 Å². The van der Waals surface area contributed by atoms with Crippen molar-refractivity contribution in [2.45, 2.75) is 18.8 Å². The minimum absolute atomic E-state index is 0. The Morgan fingerprint density at radius 3 is 2.70 bits per heavy atom. The molecule has 0 aliphatic carbocycles. The lowest BCUT2D eigenvalue weighted by atomic mass is 9.98. The van der Waals surface area contributed by atoms with E-state index in [1.165, 1.54) is 0 Å². The molecule has 1 aromatic carbocycles. The van der Waals surface area contributed by atoms with Gasteiger partial charge in [-0.15, -0.1) is 12.4 Å². The molecule has 0 saturated carbocycles. The summed E-state index contributed by atoms with van der Waals surface area (Å²) in [5.41, 5.74) is 2.06. The summed E-state index contributed by atoms with van der Waals surface area (Å²) in [7, 11) is 1.79. The van der Waals surface area contributed by atoms with Gasteiger partial charge >= 0.3 is 0 Å². The second kappa shape index (κ2) is 8.32. The molecule has 4 rings (SSSR count). The maximum Gasteiger partial charge on any atom is 0.276 e. The van der Waals surface area contributed by atoms with Gasteiger partial charge in [0.2, 0.25) is 5.95 Å². The number of piperidine rings is 1. The van der Waals surface area contributed by atoms with Crippen LogP contribution in [0.15, 0.2) is 36.4 Å². The Hall–Kier alpha value is -2.71. The van der Waals surface area contributed by atoms with Gasteiger partial charge in [0.15, 0.2) is 5.82 Å². The van der Waals surface area contributed by atoms with E-state index in [-0.39, 0.29) is 18.3 Å². The van der Waals surface area contributed by atoms with Gasteiger partial charge in [-0.3, -0.25) is 15.2 Å². The van der Waals surface area contributed by atoms with Gasteiger partial charge in [0.1, 0.15) is 5.69 Å². The molecule has 8 nitrogen and oxygen atoms in total. The van der Waals surface area contributed by atoms with Crippen LogP contribution in [0.25, 0.3) is 11.3 Å². The molecule has 0 bridgehead atoms. The van der Waals surface area contributed by atoms with Gasteiger partial charge in [-0.25, -0.2) is 4.68 Å². The van der Waals surface area contributed by atoms with Gasteiger partial charge in [0.05, 0.1) is 5.69 Å². The minimum atomic E-state index is -0.285. The summed E-state index contributed by atoms with van der Waals surface area (Å²) in [4.78, 5) is 17.0. The Kier molecular flexibility index (Phi) is 5.88. The number of carbonyl (C=O) groups is 1. The molecule has 0 radical (unpaired) electrons. The molecule has 3 N–H and O–H groups in total. The monoisotopic (exact) mass is 387 g/mol. The number of nitrogens with zero attached hydrogens (tertiary/aromatic N) is 4. The normalized spacial score (nSPS) is 14.6. The maximum absolute atomic E-state index is 12.5. The molecule has 1 amide bonds. The Labute approximate surface area is 163 Å². The van der Waals surface area contributed by atoms with Gasteiger partial charge < -0.3 is 5.32 Å². The second-order valence-electron chi connectivity index (χ2n) is 6.43. The second-order valence-corrected chi connectivity index (χ2v) is 6.43. The number of H-pyrrole nitrogens is 1. The standard InChI is InChI=1S/C18H21N7O.ClH/c1-25-18(20-16(24-25)13-7-9-19-10-8-13)21-17(26)15-11-14(22-23-15)12-5-3-2-4-6-12;/h2-6,11,13,19H,7-10H2,1H3,(H,22,23)(H,20,21,24,26);1H. The first-order chi connectivity index (χ1) is 12.7. The summed E-state index contributed by atoms with van der Waals surface area (Å²) in [5, 5.41) is 17.6. The van der Waals surface area contributed by atoms with E-state index in [4.69, 9.17) is 0 Å². The minimum Gasteiger partial charge on any atom is -0.317 e. The smallest absolute Gasteiger partial charge is 0.276 e. The summed E-state index contributed by atoms with van der Waals surface area (Å²) in [6.07, 6.45) is 2.02. The topological polar surface area (TPSA) is 101 Å². The van der Waals surface area contributed by atoms with Crippen molar-refractivity contribution in [3.63, 3.8) is 0 Å². The van der Waals surface area contributed by atoms with Crippen LogP contribution in [0.5, 0.6) is 0 Å². The third kappa shape index (κ3) is 4.17. The molecule has 0 unspecified atom stereocenters. The van der Waals surface area contributed by atoms with E-state index in [2.05, 4.69) is 30.9 Å². The van der Waals surface area contributed by atoms with Gasteiger partial charge in [-0.05, 0) is 32.0 Å². The van der Waals surface area contributed by atoms with Crippen molar-refractivity contribution in [2.75, 3.05) is 18.4 Å². The van der Waals surface area contributed by atoms with Crippen LogP contribution in [-0.2, 0) is 7.05 Å². The lowest BCUT2D eigenvalue weighted by molar-refractivity contribution is 0.102. The SMILES string of the molecule is Cl.Cn1nc(C2CCNCC2)nc1NC(=O)c1cc(-c2ccccc2)n[nH]1. The molecule has 9 heteroatoms. The van der Waals surface area contributed by atoms with Gasteiger partial charge in [0.25, 0.3) is 5.91 Å². The molecule has 142 valence electrons. The fourth-order valence-electron chi connectivity index (χ4n) is 3.13. The van der Waals surface area contributed by atoms with Crippen molar-refractivity contribution in [3.05, 3.63) is 47.9 Å². The summed E-state index contributed by atoms with van der Waals surface area (Å²) in [6, 6.07) is 11.4. The molecule has 27 heavy (non-hydrogen) atoms. The van der Waals surface area contributed by atoms with Crippen LogP contribution < -0.4 is 10.6 Å². The number of aryl methyl sites for hydroxylation is 1. The quantitative estimate of drug-likeness (QED) is 0.638. The predicted octanol–water partition coefficient (Wildman–Crippen LogP) is 2.35. The number of aromatic amines is 1.